The van der Waals surface area contributed by atoms with Crippen LogP contribution in [0.2, 0.25) is 0 Å². The number of thioether (sulfide) groups is 1. The lowest BCUT2D eigenvalue weighted by molar-refractivity contribution is -0.118. The van der Waals surface area contributed by atoms with Crippen molar-refractivity contribution in [2.45, 2.75) is 19.4 Å². The van der Waals surface area contributed by atoms with Crippen molar-refractivity contribution in [1.82, 2.24) is 5.32 Å². The molecule has 4 nitrogen and oxygen atoms in total. The Hall–Kier alpha value is -1.49. The van der Waals surface area contributed by atoms with Crippen LogP contribution in [-0.2, 0) is 4.79 Å². The first-order valence-corrected chi connectivity index (χ1v) is 7.23. The van der Waals surface area contributed by atoms with Crippen molar-refractivity contribution in [3.05, 3.63) is 29.8 Å². The van der Waals surface area contributed by atoms with Crippen LogP contribution in [0.1, 0.15) is 12.0 Å². The van der Waals surface area contributed by atoms with Gasteiger partial charge in [0.2, 0.25) is 0 Å². The lowest BCUT2D eigenvalue weighted by Crippen LogP contribution is -2.31. The summed E-state index contributed by atoms with van der Waals surface area (Å²) >= 11 is 1.67. The second-order valence-electron chi connectivity index (χ2n) is 4.30. The minimum atomic E-state index is -0.384. The molecular formula is C13H16N2O2S. The fourth-order valence-corrected chi connectivity index (χ4v) is 2.45. The van der Waals surface area contributed by atoms with E-state index in [9.17, 15) is 9.59 Å². The molecule has 2 rings (SSSR count). The van der Waals surface area contributed by atoms with Crippen LogP contribution in [0, 0.1) is 6.92 Å². The second kappa shape index (κ2) is 5.44. The number of anilines is 1. The number of nitrogens with zero attached hydrogens (tertiary/aromatic N) is 1. The van der Waals surface area contributed by atoms with Crippen LogP contribution in [0.3, 0.4) is 0 Å². The number of amides is 3. The van der Waals surface area contributed by atoms with E-state index < -0.39 is 0 Å². The highest BCUT2D eigenvalue weighted by Crippen LogP contribution is 2.21. The first-order chi connectivity index (χ1) is 8.63. The molecule has 1 fully saturated rings. The van der Waals surface area contributed by atoms with E-state index in [4.69, 9.17) is 0 Å². The molecule has 1 aliphatic rings. The van der Waals surface area contributed by atoms with E-state index in [1.165, 1.54) is 4.90 Å². The van der Waals surface area contributed by atoms with Crippen LogP contribution in [0.5, 0.6) is 0 Å². The van der Waals surface area contributed by atoms with Crippen LogP contribution in [0.15, 0.2) is 24.3 Å². The van der Waals surface area contributed by atoms with Gasteiger partial charge >= 0.3 is 6.03 Å². The van der Waals surface area contributed by atoms with E-state index in [1.807, 2.05) is 31.4 Å². The molecule has 1 N–H and O–H groups in total. The van der Waals surface area contributed by atoms with E-state index in [0.29, 0.717) is 12.1 Å². The molecular weight excluding hydrogens is 248 g/mol. The Morgan fingerprint density at radius 2 is 2.17 bits per heavy atom. The van der Waals surface area contributed by atoms with Crippen molar-refractivity contribution in [1.29, 1.82) is 0 Å². The summed E-state index contributed by atoms with van der Waals surface area (Å²) in [5.41, 5.74) is 1.67. The lowest BCUT2D eigenvalue weighted by atomic mass is 10.2. The Morgan fingerprint density at radius 3 is 2.83 bits per heavy atom. The smallest absolute Gasteiger partial charge is 0.325 e. The standard InChI is InChI=1S/C13H16N2O2S/c1-9-4-3-5-10(8-9)15-12(16)11(6-7-18-2)14-13(15)17/h3-5,8,11H,6-7H2,1-2H3,(H,14,17). The number of rotatable bonds is 4. The molecule has 1 heterocycles. The Balaban J connectivity index is 2.19. The van der Waals surface area contributed by atoms with E-state index >= 15 is 0 Å². The zero-order valence-electron chi connectivity index (χ0n) is 10.5. The number of hydrogen-bond acceptors (Lipinski definition) is 3. The van der Waals surface area contributed by atoms with Gasteiger partial charge in [0, 0.05) is 0 Å². The molecule has 3 amide bonds. The summed E-state index contributed by atoms with van der Waals surface area (Å²) in [6, 6.07) is 6.70. The first-order valence-electron chi connectivity index (χ1n) is 5.83. The number of benzene rings is 1. The number of imide groups is 1. The van der Waals surface area contributed by atoms with Gasteiger partial charge in [0.1, 0.15) is 6.04 Å². The Bertz CT molecular complexity index is 476. The van der Waals surface area contributed by atoms with Gasteiger partial charge < -0.3 is 5.32 Å². The molecule has 1 aromatic rings. The average molecular weight is 264 g/mol. The van der Waals surface area contributed by atoms with Crippen molar-refractivity contribution >= 4 is 29.4 Å². The number of urea groups is 1. The van der Waals surface area contributed by atoms with Crippen LogP contribution in [-0.4, -0.2) is 30.0 Å². The Morgan fingerprint density at radius 1 is 1.39 bits per heavy atom. The van der Waals surface area contributed by atoms with Gasteiger partial charge in [-0.2, -0.15) is 11.8 Å². The molecule has 0 radical (unpaired) electrons. The molecule has 5 heteroatoms. The van der Waals surface area contributed by atoms with Gasteiger partial charge in [-0.3, -0.25) is 4.79 Å². The number of aryl methyl sites for hydroxylation is 1. The van der Waals surface area contributed by atoms with E-state index in [2.05, 4.69) is 5.32 Å². The molecule has 0 aliphatic carbocycles. The van der Waals surface area contributed by atoms with Gasteiger partial charge in [0.05, 0.1) is 5.69 Å². The fourth-order valence-electron chi connectivity index (χ4n) is 1.97. The highest BCUT2D eigenvalue weighted by molar-refractivity contribution is 7.98. The van der Waals surface area contributed by atoms with E-state index in [-0.39, 0.29) is 18.0 Å². The molecule has 1 saturated heterocycles. The third-order valence-electron chi connectivity index (χ3n) is 2.89. The molecule has 1 aliphatic heterocycles. The molecule has 1 atom stereocenters. The topological polar surface area (TPSA) is 49.4 Å². The molecule has 0 spiro atoms. The maximum atomic E-state index is 12.2. The van der Waals surface area contributed by atoms with Crippen LogP contribution >= 0.6 is 11.8 Å². The first kappa shape index (κ1) is 13.0. The molecule has 1 aromatic carbocycles. The molecule has 0 aromatic heterocycles. The predicted octanol–water partition coefficient (Wildman–Crippen LogP) is 2.17. The number of hydrogen-bond donors (Lipinski definition) is 1. The lowest BCUT2D eigenvalue weighted by Gasteiger charge is -2.13. The van der Waals surface area contributed by atoms with E-state index in [0.717, 1.165) is 11.3 Å². The largest absolute Gasteiger partial charge is 0.329 e. The van der Waals surface area contributed by atoms with Crippen molar-refractivity contribution in [3.63, 3.8) is 0 Å². The quantitative estimate of drug-likeness (QED) is 0.848. The third-order valence-corrected chi connectivity index (χ3v) is 3.53. The van der Waals surface area contributed by atoms with Crippen molar-refractivity contribution in [3.8, 4) is 0 Å². The Kier molecular flexibility index (Phi) is 3.91. The summed E-state index contributed by atoms with van der Waals surface area (Å²) in [7, 11) is 0. The van der Waals surface area contributed by atoms with Crippen molar-refractivity contribution < 1.29 is 9.59 Å². The van der Waals surface area contributed by atoms with Crippen LogP contribution in [0.4, 0.5) is 10.5 Å². The number of nitrogens with one attached hydrogen (secondary N) is 1. The summed E-state index contributed by atoms with van der Waals surface area (Å²) in [5, 5.41) is 2.73. The molecule has 0 saturated carbocycles. The van der Waals surface area contributed by atoms with Crippen molar-refractivity contribution in [2.24, 2.45) is 0 Å². The summed E-state index contributed by atoms with van der Waals surface area (Å²) in [5.74, 6) is 0.706. The maximum Gasteiger partial charge on any atom is 0.329 e. The molecule has 0 bridgehead atoms. The zero-order chi connectivity index (χ0) is 13.1. The fraction of sp³-hybridized carbons (Fsp3) is 0.385. The normalized spacial score (nSPS) is 19.2. The molecule has 18 heavy (non-hydrogen) atoms. The molecule has 1 unspecified atom stereocenters. The summed E-state index contributed by atoms with van der Waals surface area (Å²) in [6.07, 6.45) is 2.66. The average Bonchev–Trinajstić information content (AvgIpc) is 2.62. The SMILES string of the molecule is CSCCC1NC(=O)N(c2cccc(C)c2)C1=O. The van der Waals surface area contributed by atoms with E-state index in [1.54, 1.807) is 17.8 Å². The number of carbonyl (C=O) groups is 2. The highest BCUT2D eigenvalue weighted by Gasteiger charge is 2.38. The summed E-state index contributed by atoms with van der Waals surface area (Å²) < 4.78 is 0. The minimum absolute atomic E-state index is 0.153. The van der Waals surface area contributed by atoms with Crippen LogP contribution < -0.4 is 10.2 Å². The van der Waals surface area contributed by atoms with Crippen LogP contribution in [0.25, 0.3) is 0 Å². The monoisotopic (exact) mass is 264 g/mol. The van der Waals surface area contributed by atoms with Gasteiger partial charge in [0.15, 0.2) is 0 Å². The number of carbonyl (C=O) groups excluding carboxylic acids is 2. The zero-order valence-corrected chi connectivity index (χ0v) is 11.3. The minimum Gasteiger partial charge on any atom is -0.325 e. The van der Waals surface area contributed by atoms with Gasteiger partial charge in [-0.15, -0.1) is 0 Å². The van der Waals surface area contributed by atoms with Gasteiger partial charge in [-0.05, 0) is 43.0 Å². The second-order valence-corrected chi connectivity index (χ2v) is 5.28. The highest BCUT2D eigenvalue weighted by atomic mass is 32.2. The van der Waals surface area contributed by atoms with Crippen molar-refractivity contribution in [2.75, 3.05) is 16.9 Å². The summed E-state index contributed by atoms with van der Waals surface area (Å²) in [6.45, 7) is 1.94. The predicted molar refractivity (Wildman–Crippen MR) is 74.0 cm³/mol. The third kappa shape index (κ3) is 2.51. The molecule has 96 valence electrons. The van der Waals surface area contributed by atoms with Gasteiger partial charge in [-0.1, -0.05) is 12.1 Å². The van der Waals surface area contributed by atoms with Gasteiger partial charge in [-0.25, -0.2) is 9.69 Å². The maximum absolute atomic E-state index is 12.2. The van der Waals surface area contributed by atoms with Gasteiger partial charge in [0.25, 0.3) is 5.91 Å². The summed E-state index contributed by atoms with van der Waals surface area (Å²) in [4.78, 5) is 25.3. The Labute approximate surface area is 111 Å².